The monoisotopic (exact) mass is 269 g/mol. The van der Waals surface area contributed by atoms with Crippen molar-refractivity contribution >= 4 is 38.8 Å². The number of aromatic nitrogens is 3. The Labute approximate surface area is 106 Å². The lowest BCUT2D eigenvalue weighted by Crippen LogP contribution is -2.11. The molecule has 17 heavy (non-hydrogen) atoms. The smallest absolute Gasteiger partial charge is 0.288 e. The molecule has 2 heterocycles. The van der Waals surface area contributed by atoms with Crippen molar-refractivity contribution in [1.29, 1.82) is 0 Å². The average Bonchev–Trinajstić information content (AvgIpc) is 2.86. The molecule has 0 aliphatic carbocycles. The number of rotatable bonds is 3. The molecule has 3 N–H and O–H groups in total. The minimum Gasteiger partial charge on any atom is -0.374 e. The summed E-state index contributed by atoms with van der Waals surface area (Å²) in [6.07, 6.45) is 0. The van der Waals surface area contributed by atoms with Crippen molar-refractivity contribution in [1.82, 2.24) is 15.2 Å². The number of anilines is 2. The zero-order valence-corrected chi connectivity index (χ0v) is 10.9. The van der Waals surface area contributed by atoms with E-state index in [-0.39, 0.29) is 16.0 Å². The van der Waals surface area contributed by atoms with Crippen molar-refractivity contribution in [2.45, 2.75) is 19.8 Å². The van der Waals surface area contributed by atoms with Crippen LogP contribution >= 0.6 is 22.7 Å². The fourth-order valence-electron chi connectivity index (χ4n) is 1.09. The van der Waals surface area contributed by atoms with Crippen LogP contribution in [0.2, 0.25) is 0 Å². The summed E-state index contributed by atoms with van der Waals surface area (Å²) in [5.41, 5.74) is 6.37. The van der Waals surface area contributed by atoms with Crippen LogP contribution in [0.1, 0.15) is 35.3 Å². The lowest BCUT2D eigenvalue weighted by molar-refractivity contribution is 0.102. The predicted molar refractivity (Wildman–Crippen MR) is 68.5 cm³/mol. The molecule has 0 aromatic carbocycles. The number of nitrogen functional groups attached to an aromatic ring is 1. The molecular formula is C9H11N5OS2. The second-order valence-electron chi connectivity index (χ2n) is 3.63. The van der Waals surface area contributed by atoms with Gasteiger partial charge in [-0.2, -0.15) is 0 Å². The van der Waals surface area contributed by atoms with Gasteiger partial charge >= 0.3 is 0 Å². The van der Waals surface area contributed by atoms with Gasteiger partial charge < -0.3 is 5.73 Å². The van der Waals surface area contributed by atoms with Crippen molar-refractivity contribution in [2.75, 3.05) is 11.1 Å². The highest BCUT2D eigenvalue weighted by molar-refractivity contribution is 7.17. The van der Waals surface area contributed by atoms with Gasteiger partial charge in [-0.05, 0) is 5.92 Å². The van der Waals surface area contributed by atoms with Crippen LogP contribution in [-0.4, -0.2) is 21.1 Å². The number of nitrogens with zero attached hydrogens (tertiary/aromatic N) is 3. The second-order valence-corrected chi connectivity index (χ2v) is 5.50. The predicted octanol–water partition coefficient (Wildman–Crippen LogP) is 1.95. The minimum atomic E-state index is -0.330. The standard InChI is InChI=1S/C9H11N5OS2/c1-4(2)5-3-16-9(11-5)12-6(15)7-13-14-8(10)17-7/h3-4H,1-2H3,(H2,10,14)(H,11,12,15). The largest absolute Gasteiger partial charge is 0.374 e. The van der Waals surface area contributed by atoms with Gasteiger partial charge in [0.05, 0.1) is 5.69 Å². The van der Waals surface area contributed by atoms with Gasteiger partial charge in [-0.25, -0.2) is 4.98 Å². The molecule has 0 aliphatic rings. The summed E-state index contributed by atoms with van der Waals surface area (Å²) in [5, 5.41) is 12.9. The highest BCUT2D eigenvalue weighted by atomic mass is 32.1. The summed E-state index contributed by atoms with van der Waals surface area (Å²) in [7, 11) is 0. The van der Waals surface area contributed by atoms with Gasteiger partial charge in [-0.3, -0.25) is 10.1 Å². The molecule has 6 nitrogen and oxygen atoms in total. The van der Waals surface area contributed by atoms with E-state index in [2.05, 4.69) is 20.5 Å². The molecule has 0 fully saturated rings. The Hall–Kier alpha value is -1.54. The van der Waals surface area contributed by atoms with Gasteiger partial charge in [0, 0.05) is 5.38 Å². The third kappa shape index (κ3) is 2.77. The quantitative estimate of drug-likeness (QED) is 0.888. The maximum atomic E-state index is 11.7. The van der Waals surface area contributed by atoms with E-state index in [0.717, 1.165) is 17.0 Å². The molecule has 2 aromatic heterocycles. The van der Waals surface area contributed by atoms with Crippen LogP contribution in [0.15, 0.2) is 5.38 Å². The van der Waals surface area contributed by atoms with Gasteiger partial charge in [0.1, 0.15) is 0 Å². The van der Waals surface area contributed by atoms with Crippen LogP contribution in [-0.2, 0) is 0 Å². The first-order chi connectivity index (χ1) is 8.06. The van der Waals surface area contributed by atoms with Crippen LogP contribution < -0.4 is 11.1 Å². The SMILES string of the molecule is CC(C)c1csc(NC(=O)c2nnc(N)s2)n1. The highest BCUT2D eigenvalue weighted by Gasteiger charge is 2.14. The summed E-state index contributed by atoms with van der Waals surface area (Å²) in [6.45, 7) is 4.10. The fourth-order valence-corrected chi connectivity index (χ4v) is 2.46. The third-order valence-electron chi connectivity index (χ3n) is 1.97. The molecule has 2 rings (SSSR count). The van der Waals surface area contributed by atoms with Crippen molar-refractivity contribution in [3.63, 3.8) is 0 Å². The first-order valence-electron chi connectivity index (χ1n) is 4.92. The van der Waals surface area contributed by atoms with Gasteiger partial charge in [0.2, 0.25) is 10.1 Å². The van der Waals surface area contributed by atoms with Crippen LogP contribution in [0.25, 0.3) is 0 Å². The Morgan fingerprint density at radius 2 is 2.24 bits per heavy atom. The normalized spacial score (nSPS) is 10.8. The Bertz CT molecular complexity index is 533. The Morgan fingerprint density at radius 3 is 2.76 bits per heavy atom. The summed E-state index contributed by atoms with van der Waals surface area (Å²) < 4.78 is 0. The summed E-state index contributed by atoms with van der Waals surface area (Å²) in [4.78, 5) is 16.0. The lowest BCUT2D eigenvalue weighted by Gasteiger charge is -1.98. The molecular weight excluding hydrogens is 258 g/mol. The van der Waals surface area contributed by atoms with E-state index in [1.165, 1.54) is 11.3 Å². The lowest BCUT2D eigenvalue weighted by atomic mass is 10.2. The van der Waals surface area contributed by atoms with Crippen LogP contribution in [0.3, 0.4) is 0 Å². The minimum absolute atomic E-state index is 0.240. The average molecular weight is 269 g/mol. The number of thiazole rings is 1. The number of hydrogen-bond acceptors (Lipinski definition) is 7. The number of amides is 1. The van der Waals surface area contributed by atoms with E-state index in [1.54, 1.807) is 0 Å². The second kappa shape index (κ2) is 4.76. The molecule has 8 heteroatoms. The molecule has 0 aliphatic heterocycles. The number of nitrogens with two attached hydrogens (primary N) is 1. The Morgan fingerprint density at radius 1 is 1.47 bits per heavy atom. The van der Waals surface area contributed by atoms with Gasteiger partial charge in [0.15, 0.2) is 5.13 Å². The molecule has 0 saturated heterocycles. The number of carbonyl (C=O) groups excluding carboxylic acids is 1. The molecule has 90 valence electrons. The van der Waals surface area contributed by atoms with Gasteiger partial charge in [-0.15, -0.1) is 21.5 Å². The van der Waals surface area contributed by atoms with E-state index in [1.807, 2.05) is 19.2 Å². The van der Waals surface area contributed by atoms with E-state index in [9.17, 15) is 4.79 Å². The van der Waals surface area contributed by atoms with E-state index < -0.39 is 0 Å². The van der Waals surface area contributed by atoms with Crippen molar-refractivity contribution in [3.8, 4) is 0 Å². The van der Waals surface area contributed by atoms with Crippen LogP contribution in [0.5, 0.6) is 0 Å². The molecule has 0 saturated carbocycles. The molecule has 0 spiro atoms. The van der Waals surface area contributed by atoms with Gasteiger partial charge in [-0.1, -0.05) is 25.2 Å². The zero-order chi connectivity index (χ0) is 12.4. The molecule has 1 amide bonds. The Kier molecular flexibility index (Phi) is 3.34. The molecule has 0 unspecified atom stereocenters. The zero-order valence-electron chi connectivity index (χ0n) is 9.30. The summed E-state index contributed by atoms with van der Waals surface area (Å²) in [6, 6.07) is 0. The maximum absolute atomic E-state index is 11.7. The van der Waals surface area contributed by atoms with Gasteiger partial charge in [0.25, 0.3) is 5.91 Å². The topological polar surface area (TPSA) is 93.8 Å². The van der Waals surface area contributed by atoms with Crippen molar-refractivity contribution in [2.24, 2.45) is 0 Å². The number of carbonyl (C=O) groups is 1. The molecule has 0 bridgehead atoms. The van der Waals surface area contributed by atoms with Crippen molar-refractivity contribution < 1.29 is 4.79 Å². The Balaban J connectivity index is 2.07. The van der Waals surface area contributed by atoms with E-state index in [0.29, 0.717) is 11.0 Å². The number of nitrogens with one attached hydrogen (secondary N) is 1. The molecule has 0 radical (unpaired) electrons. The third-order valence-corrected chi connectivity index (χ3v) is 3.50. The summed E-state index contributed by atoms with van der Waals surface area (Å²) in [5.74, 6) is 0.0120. The summed E-state index contributed by atoms with van der Waals surface area (Å²) >= 11 is 2.44. The highest BCUT2D eigenvalue weighted by Crippen LogP contribution is 2.22. The fraction of sp³-hybridized carbons (Fsp3) is 0.333. The first-order valence-corrected chi connectivity index (χ1v) is 6.61. The number of hydrogen-bond donors (Lipinski definition) is 2. The first kappa shape index (κ1) is 11.9. The van der Waals surface area contributed by atoms with Crippen LogP contribution in [0, 0.1) is 0 Å². The van der Waals surface area contributed by atoms with E-state index >= 15 is 0 Å². The molecule has 2 aromatic rings. The van der Waals surface area contributed by atoms with Crippen LogP contribution in [0.4, 0.5) is 10.3 Å². The van der Waals surface area contributed by atoms with E-state index in [4.69, 9.17) is 5.73 Å². The maximum Gasteiger partial charge on any atom is 0.288 e. The molecule has 0 atom stereocenters. The van der Waals surface area contributed by atoms with Crippen molar-refractivity contribution in [3.05, 3.63) is 16.1 Å².